The molecule has 0 bridgehead atoms. The van der Waals surface area contributed by atoms with Gasteiger partial charge in [-0.2, -0.15) is 0 Å². The number of ether oxygens (including phenoxy) is 1. The van der Waals surface area contributed by atoms with Crippen LogP contribution in [0.1, 0.15) is 35.2 Å². The molecule has 1 unspecified atom stereocenters. The molecule has 2 N–H and O–H groups in total. The largest absolute Gasteiger partial charge is 0.491 e. The Bertz CT molecular complexity index is 565. The van der Waals surface area contributed by atoms with Crippen molar-refractivity contribution in [3.8, 4) is 5.75 Å². The van der Waals surface area contributed by atoms with E-state index in [9.17, 15) is 0 Å². The second kappa shape index (κ2) is 6.07. The first-order valence-electron chi connectivity index (χ1n) is 6.25. The summed E-state index contributed by atoms with van der Waals surface area (Å²) >= 11 is 5.30. The highest BCUT2D eigenvalue weighted by molar-refractivity contribution is 9.10. The van der Waals surface area contributed by atoms with Crippen LogP contribution in [-0.2, 0) is 0 Å². The van der Waals surface area contributed by atoms with Gasteiger partial charge in [-0.1, -0.05) is 12.1 Å². The summed E-state index contributed by atoms with van der Waals surface area (Å²) in [6.45, 7) is 6.13. The second-order valence-electron chi connectivity index (χ2n) is 4.79. The van der Waals surface area contributed by atoms with Crippen molar-refractivity contribution in [2.45, 2.75) is 32.9 Å². The molecular formula is C15H18BrNOS. The molecule has 102 valence electrons. The highest BCUT2D eigenvalue weighted by Crippen LogP contribution is 2.35. The van der Waals surface area contributed by atoms with Gasteiger partial charge in [0.05, 0.1) is 12.1 Å². The van der Waals surface area contributed by atoms with Gasteiger partial charge in [0, 0.05) is 14.2 Å². The molecule has 0 aliphatic rings. The van der Waals surface area contributed by atoms with Crippen LogP contribution in [0.15, 0.2) is 34.8 Å². The van der Waals surface area contributed by atoms with Crippen LogP contribution in [0.2, 0.25) is 0 Å². The third-order valence-corrected chi connectivity index (χ3v) is 4.76. The van der Waals surface area contributed by atoms with Crippen LogP contribution >= 0.6 is 27.3 Å². The second-order valence-corrected chi connectivity index (χ2v) is 6.93. The number of hydrogen-bond donors (Lipinski definition) is 1. The Balaban J connectivity index is 2.28. The van der Waals surface area contributed by atoms with Gasteiger partial charge in [0.15, 0.2) is 0 Å². The summed E-state index contributed by atoms with van der Waals surface area (Å²) in [5.74, 6) is 0.868. The van der Waals surface area contributed by atoms with Gasteiger partial charge >= 0.3 is 0 Å². The minimum Gasteiger partial charge on any atom is -0.491 e. The number of nitrogens with two attached hydrogens (primary N) is 1. The van der Waals surface area contributed by atoms with Crippen molar-refractivity contribution in [1.82, 2.24) is 0 Å². The number of rotatable bonds is 4. The van der Waals surface area contributed by atoms with Gasteiger partial charge in [0.25, 0.3) is 0 Å². The summed E-state index contributed by atoms with van der Waals surface area (Å²) in [5, 5.41) is 0. The maximum Gasteiger partial charge on any atom is 0.120 e. The first kappa shape index (κ1) is 14.6. The highest BCUT2D eigenvalue weighted by atomic mass is 79.9. The molecule has 2 aromatic rings. The fourth-order valence-corrected chi connectivity index (χ4v) is 3.85. The van der Waals surface area contributed by atoms with Crippen LogP contribution in [0, 0.1) is 6.92 Å². The molecular weight excluding hydrogens is 322 g/mol. The number of aryl methyl sites for hydroxylation is 1. The van der Waals surface area contributed by atoms with Crippen molar-refractivity contribution in [2.24, 2.45) is 5.73 Å². The fourth-order valence-electron chi connectivity index (χ4n) is 1.92. The number of benzene rings is 1. The van der Waals surface area contributed by atoms with Crippen LogP contribution in [-0.4, -0.2) is 6.10 Å². The number of hydrogen-bond acceptors (Lipinski definition) is 3. The average Bonchev–Trinajstić information content (AvgIpc) is 2.67. The molecule has 0 aliphatic heterocycles. The van der Waals surface area contributed by atoms with E-state index in [-0.39, 0.29) is 12.1 Å². The first-order chi connectivity index (χ1) is 8.97. The summed E-state index contributed by atoms with van der Waals surface area (Å²) in [6.07, 6.45) is 0.169. The van der Waals surface area contributed by atoms with E-state index in [0.717, 1.165) is 20.7 Å². The third kappa shape index (κ3) is 3.59. The molecule has 4 heteroatoms. The SMILES string of the molecule is Cc1cc(Br)c(C(N)c2cccc(OC(C)C)c2)s1. The van der Waals surface area contributed by atoms with Gasteiger partial charge < -0.3 is 10.5 Å². The van der Waals surface area contributed by atoms with Gasteiger partial charge in [0.1, 0.15) is 5.75 Å². The summed E-state index contributed by atoms with van der Waals surface area (Å²) in [5.41, 5.74) is 7.43. The van der Waals surface area contributed by atoms with E-state index in [1.165, 1.54) is 4.88 Å². The number of thiophene rings is 1. The Hall–Kier alpha value is -0.840. The minimum absolute atomic E-state index is 0.121. The molecule has 2 rings (SSSR count). The van der Waals surface area contributed by atoms with E-state index in [0.29, 0.717) is 0 Å². The first-order valence-corrected chi connectivity index (χ1v) is 7.86. The van der Waals surface area contributed by atoms with Crippen molar-refractivity contribution in [1.29, 1.82) is 0 Å². The van der Waals surface area contributed by atoms with E-state index in [1.54, 1.807) is 11.3 Å². The summed E-state index contributed by atoms with van der Waals surface area (Å²) in [6, 6.07) is 10.00. The Morgan fingerprint density at radius 1 is 1.26 bits per heavy atom. The minimum atomic E-state index is -0.121. The van der Waals surface area contributed by atoms with Gasteiger partial charge in [-0.3, -0.25) is 0 Å². The van der Waals surface area contributed by atoms with Crippen LogP contribution < -0.4 is 10.5 Å². The molecule has 1 aromatic heterocycles. The molecule has 0 radical (unpaired) electrons. The fraction of sp³-hybridized carbons (Fsp3) is 0.333. The molecule has 1 heterocycles. The maximum absolute atomic E-state index is 6.36. The molecule has 0 fully saturated rings. The Labute approximate surface area is 126 Å². The van der Waals surface area contributed by atoms with Gasteiger partial charge in [-0.15, -0.1) is 11.3 Å². The normalized spacial score (nSPS) is 12.7. The van der Waals surface area contributed by atoms with Crippen molar-refractivity contribution in [3.05, 3.63) is 50.1 Å². The molecule has 0 aliphatic carbocycles. The Kier molecular flexibility index (Phi) is 4.66. The van der Waals surface area contributed by atoms with Gasteiger partial charge in [-0.25, -0.2) is 0 Å². The molecule has 1 atom stereocenters. The van der Waals surface area contributed by atoms with Crippen LogP contribution in [0.25, 0.3) is 0 Å². The molecule has 2 nitrogen and oxygen atoms in total. The van der Waals surface area contributed by atoms with Crippen molar-refractivity contribution in [3.63, 3.8) is 0 Å². The third-order valence-electron chi connectivity index (χ3n) is 2.71. The number of halogens is 1. The lowest BCUT2D eigenvalue weighted by Gasteiger charge is -2.14. The molecule has 0 amide bonds. The molecule has 1 aromatic carbocycles. The molecule has 0 spiro atoms. The lowest BCUT2D eigenvalue weighted by Crippen LogP contribution is -2.11. The highest BCUT2D eigenvalue weighted by Gasteiger charge is 2.15. The Morgan fingerprint density at radius 2 is 2.00 bits per heavy atom. The summed E-state index contributed by atoms with van der Waals surface area (Å²) in [7, 11) is 0. The molecule has 19 heavy (non-hydrogen) atoms. The van der Waals surface area contributed by atoms with Crippen molar-refractivity contribution >= 4 is 27.3 Å². The zero-order chi connectivity index (χ0) is 14.0. The van der Waals surface area contributed by atoms with E-state index >= 15 is 0 Å². The standard InChI is InChI=1S/C15H18BrNOS/c1-9(2)18-12-6-4-5-11(8-12)14(17)15-13(16)7-10(3)19-15/h4-9,14H,17H2,1-3H3. The van der Waals surface area contributed by atoms with Crippen LogP contribution in [0.3, 0.4) is 0 Å². The quantitative estimate of drug-likeness (QED) is 0.879. The predicted octanol–water partition coefficient (Wildman–Crippen LogP) is 4.65. The molecule has 0 saturated heterocycles. The predicted molar refractivity (Wildman–Crippen MR) is 85.0 cm³/mol. The molecule has 0 saturated carbocycles. The lowest BCUT2D eigenvalue weighted by atomic mass is 10.1. The van der Waals surface area contributed by atoms with Crippen LogP contribution in [0.5, 0.6) is 5.75 Å². The zero-order valence-corrected chi connectivity index (χ0v) is 13.7. The lowest BCUT2D eigenvalue weighted by molar-refractivity contribution is 0.242. The summed E-state index contributed by atoms with van der Waals surface area (Å²) in [4.78, 5) is 2.41. The van der Waals surface area contributed by atoms with Crippen LogP contribution in [0.4, 0.5) is 0 Å². The van der Waals surface area contributed by atoms with E-state index in [1.807, 2.05) is 38.1 Å². The van der Waals surface area contributed by atoms with Gasteiger partial charge in [0.2, 0.25) is 0 Å². The smallest absolute Gasteiger partial charge is 0.120 e. The van der Waals surface area contributed by atoms with Gasteiger partial charge in [-0.05, 0) is 60.5 Å². The maximum atomic E-state index is 6.36. The van der Waals surface area contributed by atoms with Crippen molar-refractivity contribution < 1.29 is 4.74 Å². The van der Waals surface area contributed by atoms with E-state index in [4.69, 9.17) is 10.5 Å². The topological polar surface area (TPSA) is 35.2 Å². The summed E-state index contributed by atoms with van der Waals surface area (Å²) < 4.78 is 6.79. The zero-order valence-electron chi connectivity index (χ0n) is 11.3. The average molecular weight is 340 g/mol. The van der Waals surface area contributed by atoms with E-state index < -0.39 is 0 Å². The van der Waals surface area contributed by atoms with E-state index in [2.05, 4.69) is 28.9 Å². The monoisotopic (exact) mass is 339 g/mol. The Morgan fingerprint density at radius 3 is 2.58 bits per heavy atom. The van der Waals surface area contributed by atoms with Crippen molar-refractivity contribution in [2.75, 3.05) is 0 Å².